The predicted octanol–water partition coefficient (Wildman–Crippen LogP) is 1.17. The molecule has 0 spiro atoms. The van der Waals surface area contributed by atoms with Crippen molar-refractivity contribution < 1.29 is 9.53 Å². The van der Waals surface area contributed by atoms with E-state index in [1.807, 2.05) is 32.0 Å². The molecule has 1 amide bonds. The van der Waals surface area contributed by atoms with E-state index in [-0.39, 0.29) is 18.1 Å². The lowest BCUT2D eigenvalue weighted by molar-refractivity contribution is 0.0949. The molecule has 0 bridgehead atoms. The van der Waals surface area contributed by atoms with Crippen LogP contribution < -0.4 is 21.7 Å². The summed E-state index contributed by atoms with van der Waals surface area (Å²) in [6.45, 7) is 5.79. The average Bonchev–Trinajstić information content (AvgIpc) is 2.47. The van der Waals surface area contributed by atoms with E-state index in [0.29, 0.717) is 17.1 Å². The molecular weight excluding hydrogens is 282 g/mol. The number of aromatic nitrogens is 2. The molecule has 0 fully saturated rings. The molecule has 2 rings (SSSR count). The number of benzene rings is 1. The molecule has 0 radical (unpaired) electrons. The molecule has 0 saturated carbocycles. The van der Waals surface area contributed by atoms with Crippen molar-refractivity contribution in [1.29, 1.82) is 0 Å². The minimum Gasteiger partial charge on any atom is -0.487 e. The van der Waals surface area contributed by atoms with Crippen molar-refractivity contribution >= 4 is 11.9 Å². The smallest absolute Gasteiger partial charge is 0.269 e. The van der Waals surface area contributed by atoms with E-state index < -0.39 is 5.91 Å². The number of hydrogen-bond acceptors (Lipinski definition) is 6. The Balaban J connectivity index is 2.28. The van der Waals surface area contributed by atoms with Crippen LogP contribution in [0.15, 0.2) is 18.2 Å². The van der Waals surface area contributed by atoms with Crippen LogP contribution in [0.5, 0.6) is 5.75 Å². The van der Waals surface area contributed by atoms with Gasteiger partial charge >= 0.3 is 0 Å². The van der Waals surface area contributed by atoms with Crippen molar-refractivity contribution in [2.45, 2.75) is 27.4 Å². The quantitative estimate of drug-likeness (QED) is 0.443. The van der Waals surface area contributed by atoms with Crippen LogP contribution in [0.25, 0.3) is 0 Å². The van der Waals surface area contributed by atoms with Crippen LogP contribution >= 0.6 is 0 Å². The van der Waals surface area contributed by atoms with Gasteiger partial charge in [0.05, 0.1) is 17.0 Å². The van der Waals surface area contributed by atoms with Gasteiger partial charge in [-0.1, -0.05) is 6.07 Å². The van der Waals surface area contributed by atoms with E-state index in [1.165, 1.54) is 5.56 Å². The average molecular weight is 301 g/mol. The number of hydrogen-bond donors (Lipinski definition) is 3. The number of carbonyl (C=O) groups excluding carboxylic acids is 1. The molecule has 0 aliphatic rings. The summed E-state index contributed by atoms with van der Waals surface area (Å²) >= 11 is 0. The normalized spacial score (nSPS) is 10.4. The fraction of sp³-hybridized carbons (Fsp3) is 0.267. The Kier molecular flexibility index (Phi) is 4.57. The van der Waals surface area contributed by atoms with Crippen LogP contribution in [0.1, 0.15) is 32.9 Å². The number of amides is 1. The predicted molar refractivity (Wildman–Crippen MR) is 83.1 cm³/mol. The van der Waals surface area contributed by atoms with Crippen molar-refractivity contribution in [3.63, 3.8) is 0 Å². The lowest BCUT2D eigenvalue weighted by Crippen LogP contribution is -2.32. The van der Waals surface area contributed by atoms with E-state index in [9.17, 15) is 4.79 Å². The molecule has 1 heterocycles. The first-order valence-corrected chi connectivity index (χ1v) is 6.76. The molecule has 7 heteroatoms. The number of ether oxygens (including phenoxy) is 1. The second-order valence-corrected chi connectivity index (χ2v) is 5.00. The number of nitrogens with zero attached hydrogens (tertiary/aromatic N) is 2. The SMILES string of the molecule is Cc1ccc(OCc2nc(N)nc(C)c2C(=O)NN)cc1C. The number of anilines is 1. The Bertz CT molecular complexity index is 715. The summed E-state index contributed by atoms with van der Waals surface area (Å²) in [5, 5.41) is 0. The maximum absolute atomic E-state index is 11.9. The second kappa shape index (κ2) is 6.40. The minimum atomic E-state index is -0.476. The van der Waals surface area contributed by atoms with Gasteiger partial charge < -0.3 is 10.5 Å². The van der Waals surface area contributed by atoms with Gasteiger partial charge in [0.25, 0.3) is 5.91 Å². The van der Waals surface area contributed by atoms with Gasteiger partial charge in [0.2, 0.25) is 5.95 Å². The summed E-state index contributed by atoms with van der Waals surface area (Å²) in [7, 11) is 0. The van der Waals surface area contributed by atoms with Gasteiger partial charge in [-0.05, 0) is 44.0 Å². The van der Waals surface area contributed by atoms with Crippen LogP contribution in [0.3, 0.4) is 0 Å². The third-order valence-corrected chi connectivity index (χ3v) is 3.39. The number of hydrazine groups is 1. The highest BCUT2D eigenvalue weighted by atomic mass is 16.5. The number of aryl methyl sites for hydroxylation is 3. The van der Waals surface area contributed by atoms with E-state index in [0.717, 1.165) is 5.56 Å². The molecule has 7 nitrogen and oxygen atoms in total. The molecule has 1 aromatic carbocycles. The monoisotopic (exact) mass is 301 g/mol. The largest absolute Gasteiger partial charge is 0.487 e. The van der Waals surface area contributed by atoms with Crippen molar-refractivity contribution in [2.75, 3.05) is 5.73 Å². The number of nitrogens with one attached hydrogen (secondary N) is 1. The topological polar surface area (TPSA) is 116 Å². The molecule has 0 saturated heterocycles. The maximum atomic E-state index is 11.9. The Morgan fingerprint density at radius 3 is 2.59 bits per heavy atom. The fourth-order valence-electron chi connectivity index (χ4n) is 2.08. The van der Waals surface area contributed by atoms with Gasteiger partial charge in [0.15, 0.2) is 0 Å². The molecule has 0 atom stereocenters. The van der Waals surface area contributed by atoms with Crippen LogP contribution in [-0.2, 0) is 6.61 Å². The summed E-state index contributed by atoms with van der Waals surface area (Å²) in [5.41, 5.74) is 11.1. The highest BCUT2D eigenvalue weighted by Gasteiger charge is 2.17. The van der Waals surface area contributed by atoms with Crippen LogP contribution in [0.4, 0.5) is 5.95 Å². The lowest BCUT2D eigenvalue weighted by atomic mass is 10.1. The first-order chi connectivity index (χ1) is 10.4. The van der Waals surface area contributed by atoms with E-state index in [1.54, 1.807) is 6.92 Å². The summed E-state index contributed by atoms with van der Waals surface area (Å²) in [4.78, 5) is 19.9. The molecule has 1 aromatic heterocycles. The summed E-state index contributed by atoms with van der Waals surface area (Å²) in [5.74, 6) is 5.50. The summed E-state index contributed by atoms with van der Waals surface area (Å²) in [6.07, 6.45) is 0. The molecule has 0 aliphatic heterocycles. The van der Waals surface area contributed by atoms with Crippen molar-refractivity contribution in [3.05, 3.63) is 46.3 Å². The molecule has 22 heavy (non-hydrogen) atoms. The Labute approximate surface area is 128 Å². The standard InChI is InChI=1S/C15H19N5O2/c1-8-4-5-11(6-9(8)2)22-7-12-13(14(21)20-17)10(3)18-15(16)19-12/h4-6H,7,17H2,1-3H3,(H,20,21)(H2,16,18,19). The van der Waals surface area contributed by atoms with Gasteiger partial charge in [-0.3, -0.25) is 10.2 Å². The molecular formula is C15H19N5O2. The van der Waals surface area contributed by atoms with Crippen molar-refractivity contribution in [2.24, 2.45) is 5.84 Å². The maximum Gasteiger partial charge on any atom is 0.269 e. The lowest BCUT2D eigenvalue weighted by Gasteiger charge is -2.12. The van der Waals surface area contributed by atoms with Crippen molar-refractivity contribution in [1.82, 2.24) is 15.4 Å². The zero-order valence-corrected chi connectivity index (χ0v) is 12.8. The number of rotatable bonds is 4. The zero-order valence-electron chi connectivity index (χ0n) is 12.8. The highest BCUT2D eigenvalue weighted by molar-refractivity contribution is 5.95. The summed E-state index contributed by atoms with van der Waals surface area (Å²) < 4.78 is 5.71. The van der Waals surface area contributed by atoms with Gasteiger partial charge in [-0.15, -0.1) is 0 Å². The summed E-state index contributed by atoms with van der Waals surface area (Å²) in [6, 6.07) is 5.76. The van der Waals surface area contributed by atoms with E-state index in [4.69, 9.17) is 16.3 Å². The van der Waals surface area contributed by atoms with E-state index >= 15 is 0 Å². The van der Waals surface area contributed by atoms with Gasteiger partial charge in [-0.2, -0.15) is 0 Å². The second-order valence-electron chi connectivity index (χ2n) is 5.00. The van der Waals surface area contributed by atoms with Gasteiger partial charge in [0, 0.05) is 0 Å². The van der Waals surface area contributed by atoms with Crippen molar-refractivity contribution in [3.8, 4) is 5.75 Å². The first kappa shape index (κ1) is 15.7. The molecule has 2 aromatic rings. The molecule has 0 aliphatic carbocycles. The molecule has 0 unspecified atom stereocenters. The van der Waals surface area contributed by atoms with Crippen LogP contribution in [0, 0.1) is 20.8 Å². The van der Waals surface area contributed by atoms with Gasteiger partial charge in [0.1, 0.15) is 12.4 Å². The Morgan fingerprint density at radius 1 is 1.23 bits per heavy atom. The van der Waals surface area contributed by atoms with Gasteiger partial charge in [-0.25, -0.2) is 15.8 Å². The third-order valence-electron chi connectivity index (χ3n) is 3.39. The van der Waals surface area contributed by atoms with Crippen LogP contribution in [-0.4, -0.2) is 15.9 Å². The first-order valence-electron chi connectivity index (χ1n) is 6.76. The number of nitrogens with two attached hydrogens (primary N) is 2. The van der Waals surface area contributed by atoms with E-state index in [2.05, 4.69) is 15.4 Å². The molecule has 5 N–H and O–H groups in total. The third kappa shape index (κ3) is 3.32. The highest BCUT2D eigenvalue weighted by Crippen LogP contribution is 2.19. The van der Waals surface area contributed by atoms with Crippen LogP contribution in [0.2, 0.25) is 0 Å². The molecule has 116 valence electrons. The number of carbonyl (C=O) groups is 1. The Hall–Kier alpha value is -2.67. The fourth-order valence-corrected chi connectivity index (χ4v) is 2.08. The minimum absolute atomic E-state index is 0.0877. The number of nitrogen functional groups attached to an aromatic ring is 2. The zero-order chi connectivity index (χ0) is 16.3. The Morgan fingerprint density at radius 2 is 1.95 bits per heavy atom.